The van der Waals surface area contributed by atoms with E-state index in [1.54, 1.807) is 12.3 Å². The number of benzene rings is 1. The summed E-state index contributed by atoms with van der Waals surface area (Å²) in [6.45, 7) is 0. The van der Waals surface area contributed by atoms with Crippen molar-refractivity contribution in [2.45, 2.75) is 11.3 Å². The van der Waals surface area contributed by atoms with Crippen molar-refractivity contribution in [1.82, 2.24) is 24.6 Å². The molecule has 0 fully saturated rings. The molecule has 136 valence electrons. The zero-order valence-electron chi connectivity index (χ0n) is 14.2. The van der Waals surface area contributed by atoms with Gasteiger partial charge in [-0.1, -0.05) is 22.8 Å². The minimum Gasteiger partial charge on any atom is -0.276 e. The average molecular weight is 384 g/mol. The van der Waals surface area contributed by atoms with Crippen LogP contribution in [0.25, 0.3) is 28.3 Å². The van der Waals surface area contributed by atoms with Crippen LogP contribution < -0.4 is 0 Å². The standard InChI is InChI=1S/C18H14F2N6S/c1-27(21)12-4-2-3-11(7-12)14-8-15(24-10-23-14)16-9-22-17-6-5-13(18(19)20)25-26(16)17/h2-10,18,21H,1H3. The summed E-state index contributed by atoms with van der Waals surface area (Å²) in [6.07, 6.45) is 2.13. The molecule has 1 unspecified atom stereocenters. The molecule has 0 amide bonds. The number of alkyl halides is 2. The van der Waals surface area contributed by atoms with Crippen LogP contribution in [0, 0.1) is 4.78 Å². The smallest absolute Gasteiger partial charge is 0.276 e. The Labute approximate surface area is 155 Å². The number of fused-ring (bicyclic) bond motifs is 1. The summed E-state index contributed by atoms with van der Waals surface area (Å²) in [7, 11) is -0.612. The molecule has 0 saturated carbocycles. The molecular weight excluding hydrogens is 370 g/mol. The normalized spacial score (nSPS) is 12.6. The highest BCUT2D eigenvalue weighted by atomic mass is 32.2. The molecule has 4 rings (SSSR count). The third-order valence-electron chi connectivity index (χ3n) is 4.02. The van der Waals surface area contributed by atoms with Gasteiger partial charge in [0.05, 0.1) is 17.6 Å². The molecule has 4 aromatic rings. The van der Waals surface area contributed by atoms with Crippen molar-refractivity contribution in [3.63, 3.8) is 0 Å². The van der Waals surface area contributed by atoms with Crippen LogP contribution in [-0.2, 0) is 10.7 Å². The Morgan fingerprint density at radius 2 is 1.85 bits per heavy atom. The predicted molar refractivity (Wildman–Crippen MR) is 98.7 cm³/mol. The van der Waals surface area contributed by atoms with Crippen LogP contribution in [0.3, 0.4) is 0 Å². The maximum absolute atomic E-state index is 13.0. The van der Waals surface area contributed by atoms with Crippen molar-refractivity contribution in [2.24, 2.45) is 0 Å². The molecule has 3 aromatic heterocycles. The molecule has 3 heterocycles. The maximum Gasteiger partial charge on any atom is 0.282 e. The molecule has 0 aliphatic heterocycles. The number of imidazole rings is 1. The van der Waals surface area contributed by atoms with Crippen LogP contribution >= 0.6 is 0 Å². The van der Waals surface area contributed by atoms with E-state index in [-0.39, 0.29) is 5.69 Å². The predicted octanol–water partition coefficient (Wildman–Crippen LogP) is 4.16. The largest absolute Gasteiger partial charge is 0.282 e. The van der Waals surface area contributed by atoms with E-state index < -0.39 is 17.1 Å². The van der Waals surface area contributed by atoms with E-state index in [1.807, 2.05) is 30.5 Å². The van der Waals surface area contributed by atoms with Gasteiger partial charge < -0.3 is 0 Å². The van der Waals surface area contributed by atoms with E-state index in [0.717, 1.165) is 10.5 Å². The summed E-state index contributed by atoms with van der Waals surface area (Å²) in [5.74, 6) is 0. The SMILES string of the molecule is CS(=N)c1cccc(-c2cc(-c3cnc4ccc(C(F)F)nn34)ncn2)c1. The Morgan fingerprint density at radius 1 is 1.04 bits per heavy atom. The summed E-state index contributed by atoms with van der Waals surface area (Å²) in [5.41, 5.74) is 2.70. The van der Waals surface area contributed by atoms with E-state index in [2.05, 4.69) is 20.1 Å². The number of hydrogen-bond donors (Lipinski definition) is 1. The highest BCUT2D eigenvalue weighted by Gasteiger charge is 2.14. The van der Waals surface area contributed by atoms with Gasteiger partial charge in [-0.25, -0.2) is 28.2 Å². The molecule has 6 nitrogen and oxygen atoms in total. The second kappa shape index (κ2) is 6.92. The Bertz CT molecular complexity index is 1160. The Balaban J connectivity index is 1.81. The number of nitrogens with zero attached hydrogens (tertiary/aromatic N) is 5. The van der Waals surface area contributed by atoms with Gasteiger partial charge in [0.1, 0.15) is 17.7 Å². The van der Waals surface area contributed by atoms with E-state index in [0.29, 0.717) is 22.7 Å². The summed E-state index contributed by atoms with van der Waals surface area (Å²) in [4.78, 5) is 13.7. The summed E-state index contributed by atoms with van der Waals surface area (Å²) in [6, 6.07) is 12.1. The lowest BCUT2D eigenvalue weighted by Crippen LogP contribution is -2.01. The maximum atomic E-state index is 13.0. The third kappa shape index (κ3) is 3.33. The van der Waals surface area contributed by atoms with Crippen molar-refractivity contribution in [1.29, 1.82) is 4.78 Å². The van der Waals surface area contributed by atoms with Gasteiger partial charge in [0.25, 0.3) is 6.43 Å². The lowest BCUT2D eigenvalue weighted by molar-refractivity contribution is 0.144. The van der Waals surface area contributed by atoms with E-state index in [4.69, 9.17) is 4.78 Å². The van der Waals surface area contributed by atoms with E-state index in [9.17, 15) is 8.78 Å². The van der Waals surface area contributed by atoms with Crippen molar-refractivity contribution in [3.8, 4) is 22.6 Å². The second-order valence-electron chi connectivity index (χ2n) is 5.80. The molecule has 1 N–H and O–H groups in total. The minimum atomic E-state index is -2.67. The fourth-order valence-corrected chi connectivity index (χ4v) is 3.27. The number of rotatable bonds is 4. The topological polar surface area (TPSA) is 79.8 Å². The highest BCUT2D eigenvalue weighted by molar-refractivity contribution is 7.85. The van der Waals surface area contributed by atoms with Crippen molar-refractivity contribution >= 4 is 16.3 Å². The van der Waals surface area contributed by atoms with Crippen molar-refractivity contribution in [2.75, 3.05) is 6.26 Å². The van der Waals surface area contributed by atoms with Crippen LogP contribution in [0.2, 0.25) is 0 Å². The first-order chi connectivity index (χ1) is 13.0. The van der Waals surface area contributed by atoms with Gasteiger partial charge in [-0.05, 0) is 36.6 Å². The fourth-order valence-electron chi connectivity index (χ4n) is 2.68. The minimum absolute atomic E-state index is 0.325. The zero-order valence-corrected chi connectivity index (χ0v) is 15.0. The number of halogens is 2. The molecule has 1 aromatic carbocycles. The van der Waals surface area contributed by atoms with Crippen LogP contribution in [0.1, 0.15) is 12.1 Å². The van der Waals surface area contributed by atoms with Gasteiger partial charge >= 0.3 is 0 Å². The van der Waals surface area contributed by atoms with Crippen LogP contribution in [0.15, 0.2) is 59.9 Å². The van der Waals surface area contributed by atoms with E-state index >= 15 is 0 Å². The summed E-state index contributed by atoms with van der Waals surface area (Å²) >= 11 is 0. The fraction of sp³-hybridized carbons (Fsp3) is 0.111. The Hall–Kier alpha value is -3.07. The van der Waals surface area contributed by atoms with Crippen LogP contribution in [0.5, 0.6) is 0 Å². The molecule has 9 heteroatoms. The molecule has 27 heavy (non-hydrogen) atoms. The summed E-state index contributed by atoms with van der Waals surface area (Å²) < 4.78 is 35.2. The lowest BCUT2D eigenvalue weighted by atomic mass is 10.1. The van der Waals surface area contributed by atoms with Crippen molar-refractivity contribution in [3.05, 3.63) is 60.7 Å². The quantitative estimate of drug-likeness (QED) is 0.573. The summed E-state index contributed by atoms with van der Waals surface area (Å²) in [5, 5.41) is 3.97. The van der Waals surface area contributed by atoms with Gasteiger partial charge in [-0.3, -0.25) is 4.78 Å². The van der Waals surface area contributed by atoms with Gasteiger partial charge in [-0.15, -0.1) is 0 Å². The van der Waals surface area contributed by atoms with Gasteiger partial charge in [0.2, 0.25) is 0 Å². The van der Waals surface area contributed by atoms with Crippen LogP contribution in [0.4, 0.5) is 8.78 Å². The van der Waals surface area contributed by atoms with Gasteiger partial charge in [-0.2, -0.15) is 5.10 Å². The Kier molecular flexibility index (Phi) is 4.44. The molecule has 0 saturated heterocycles. The monoisotopic (exact) mass is 384 g/mol. The second-order valence-corrected chi connectivity index (χ2v) is 7.29. The average Bonchev–Trinajstić information content (AvgIpc) is 3.11. The number of aromatic nitrogens is 5. The molecular formula is C18H14F2N6S. The number of nitrogens with one attached hydrogen (secondary N) is 1. The number of hydrogen-bond acceptors (Lipinski definition) is 5. The van der Waals surface area contributed by atoms with Crippen molar-refractivity contribution < 1.29 is 8.78 Å². The molecule has 0 aliphatic rings. The van der Waals surface area contributed by atoms with Gasteiger partial charge in [0, 0.05) is 10.5 Å². The van der Waals surface area contributed by atoms with Gasteiger partial charge in [0.15, 0.2) is 5.65 Å². The first-order valence-electron chi connectivity index (χ1n) is 7.96. The molecule has 1 atom stereocenters. The first kappa shape index (κ1) is 17.3. The van der Waals surface area contributed by atoms with E-state index in [1.165, 1.54) is 23.0 Å². The molecule has 0 bridgehead atoms. The lowest BCUT2D eigenvalue weighted by Gasteiger charge is -2.06. The molecule has 0 aliphatic carbocycles. The van der Waals surface area contributed by atoms with Crippen LogP contribution in [-0.4, -0.2) is 30.8 Å². The molecule has 0 spiro atoms. The Morgan fingerprint density at radius 3 is 2.63 bits per heavy atom. The molecule has 0 radical (unpaired) electrons. The third-order valence-corrected chi connectivity index (χ3v) is 4.98. The first-order valence-corrected chi connectivity index (χ1v) is 9.59. The highest BCUT2D eigenvalue weighted by Crippen LogP contribution is 2.25. The zero-order chi connectivity index (χ0) is 19.0.